The average Bonchev–Trinajstić information content (AvgIpc) is 3.44. The lowest BCUT2D eigenvalue weighted by molar-refractivity contribution is 0.376. The van der Waals surface area contributed by atoms with Crippen molar-refractivity contribution in [2.75, 3.05) is 0 Å². The minimum absolute atomic E-state index is 0.0785. The maximum absolute atomic E-state index is 14.5. The van der Waals surface area contributed by atoms with Crippen molar-refractivity contribution in [3.8, 4) is 11.8 Å². The van der Waals surface area contributed by atoms with E-state index < -0.39 is 17.1 Å². The number of benzene rings is 1. The van der Waals surface area contributed by atoms with E-state index in [0.717, 1.165) is 47.8 Å². The Kier molecular flexibility index (Phi) is 5.79. The second-order valence-corrected chi connectivity index (χ2v) is 9.25. The van der Waals surface area contributed by atoms with E-state index in [1.807, 2.05) is 4.57 Å². The number of nitrogens with two attached hydrogens (primary N) is 1. The van der Waals surface area contributed by atoms with Crippen LogP contribution in [0.3, 0.4) is 0 Å². The predicted molar refractivity (Wildman–Crippen MR) is 128 cm³/mol. The summed E-state index contributed by atoms with van der Waals surface area (Å²) in [4.78, 5) is 31.6. The molecule has 1 aromatic carbocycles. The van der Waals surface area contributed by atoms with Gasteiger partial charge < -0.3 is 10.3 Å². The van der Waals surface area contributed by atoms with Crippen LogP contribution in [-0.2, 0) is 20.1 Å². The van der Waals surface area contributed by atoms with Crippen molar-refractivity contribution in [2.45, 2.75) is 57.7 Å². The molecule has 34 heavy (non-hydrogen) atoms. The van der Waals surface area contributed by atoms with Gasteiger partial charge in [0, 0.05) is 19.0 Å². The number of aryl methyl sites for hydroxylation is 1. The van der Waals surface area contributed by atoms with E-state index in [1.54, 1.807) is 20.0 Å². The molecule has 0 amide bonds. The summed E-state index contributed by atoms with van der Waals surface area (Å²) in [6.07, 6.45) is 3.63. The Morgan fingerprint density at radius 3 is 2.82 bits per heavy atom. The molecule has 1 fully saturated rings. The minimum atomic E-state index is -0.536. The Morgan fingerprint density at radius 1 is 1.24 bits per heavy atom. The van der Waals surface area contributed by atoms with Crippen LogP contribution in [0.5, 0.6) is 0 Å². The van der Waals surface area contributed by atoms with Gasteiger partial charge in [-0.2, -0.15) is 8.75 Å². The van der Waals surface area contributed by atoms with Gasteiger partial charge in [-0.1, -0.05) is 12.3 Å². The molecule has 11 heteroatoms. The van der Waals surface area contributed by atoms with Crippen molar-refractivity contribution < 1.29 is 4.39 Å². The SMILES string of the molecule is CC#CCn1c(C2CCC[C@@H](N)C2)nc2c1c(=O)n(Cc1cc(F)c3nsnc3c1)c(=O)n2C. The fraction of sp³-hybridized carbons (Fsp3) is 0.435. The number of rotatable bonds is 4. The maximum Gasteiger partial charge on any atom is 0.332 e. The summed E-state index contributed by atoms with van der Waals surface area (Å²) >= 11 is 0.911. The highest BCUT2D eigenvalue weighted by atomic mass is 32.1. The van der Waals surface area contributed by atoms with Crippen molar-refractivity contribution in [1.29, 1.82) is 0 Å². The van der Waals surface area contributed by atoms with E-state index in [2.05, 4.69) is 20.6 Å². The molecule has 0 saturated heterocycles. The average molecular weight is 482 g/mol. The van der Waals surface area contributed by atoms with Crippen LogP contribution in [0, 0.1) is 17.7 Å². The molecule has 0 aliphatic heterocycles. The summed E-state index contributed by atoms with van der Waals surface area (Å²) in [5, 5.41) is 0. The number of nitrogens with zero attached hydrogens (tertiary/aromatic N) is 6. The maximum atomic E-state index is 14.5. The minimum Gasteiger partial charge on any atom is -0.328 e. The first kappa shape index (κ1) is 22.4. The molecule has 9 nitrogen and oxygen atoms in total. The lowest BCUT2D eigenvalue weighted by atomic mass is 9.85. The summed E-state index contributed by atoms with van der Waals surface area (Å²) in [6.45, 7) is 1.92. The number of aromatic nitrogens is 6. The van der Waals surface area contributed by atoms with E-state index in [0.29, 0.717) is 22.2 Å². The molecule has 1 saturated carbocycles. The summed E-state index contributed by atoms with van der Waals surface area (Å²) < 4.78 is 26.8. The van der Waals surface area contributed by atoms with E-state index >= 15 is 0 Å². The Hall–Kier alpha value is -3.36. The van der Waals surface area contributed by atoms with Crippen LogP contribution in [0.15, 0.2) is 21.7 Å². The van der Waals surface area contributed by atoms with Crippen molar-refractivity contribution >= 4 is 33.9 Å². The molecule has 0 spiro atoms. The topological polar surface area (TPSA) is 114 Å². The van der Waals surface area contributed by atoms with Gasteiger partial charge in [0.15, 0.2) is 17.0 Å². The van der Waals surface area contributed by atoms with Gasteiger partial charge in [0.2, 0.25) is 0 Å². The first-order valence-electron chi connectivity index (χ1n) is 11.1. The molecule has 0 radical (unpaired) electrons. The Labute approximate surface area is 198 Å². The molecule has 1 aliphatic carbocycles. The quantitative estimate of drug-likeness (QED) is 0.447. The third-order valence-electron chi connectivity index (χ3n) is 6.47. The van der Waals surface area contributed by atoms with Crippen LogP contribution in [0.4, 0.5) is 4.39 Å². The second-order valence-electron chi connectivity index (χ2n) is 8.72. The first-order chi connectivity index (χ1) is 16.4. The van der Waals surface area contributed by atoms with Gasteiger partial charge in [-0.3, -0.25) is 13.9 Å². The zero-order valence-corrected chi connectivity index (χ0v) is 19.7. The van der Waals surface area contributed by atoms with E-state index in [9.17, 15) is 14.0 Å². The fourth-order valence-corrected chi connectivity index (χ4v) is 5.33. The largest absolute Gasteiger partial charge is 0.332 e. The second kappa shape index (κ2) is 8.77. The number of hydrogen-bond acceptors (Lipinski definition) is 7. The molecule has 1 unspecified atom stereocenters. The van der Waals surface area contributed by atoms with E-state index in [1.165, 1.54) is 10.6 Å². The first-order valence-corrected chi connectivity index (χ1v) is 11.9. The standard InChI is InChI=1S/C23H24FN7O2S/c1-3-4-8-30-19-21(26-20(30)14-6-5-7-15(25)11-14)29(2)23(33)31(22(19)32)12-13-9-16(24)18-17(10-13)27-34-28-18/h9-10,14-15H,5-8,11-12,25H2,1-2H3/t14?,15-/m1/s1. The third kappa shape index (κ3) is 3.73. The van der Waals surface area contributed by atoms with Gasteiger partial charge in [-0.05, 0) is 43.9 Å². The van der Waals surface area contributed by atoms with Crippen LogP contribution >= 0.6 is 11.7 Å². The molecule has 2 N–H and O–H groups in total. The van der Waals surface area contributed by atoms with Gasteiger partial charge in [0.05, 0.1) is 24.8 Å². The van der Waals surface area contributed by atoms with Crippen molar-refractivity contribution in [1.82, 2.24) is 27.4 Å². The fourth-order valence-electron chi connectivity index (χ4n) is 4.80. The van der Waals surface area contributed by atoms with Crippen molar-refractivity contribution in [3.05, 3.63) is 50.2 Å². The Bertz CT molecular complexity index is 1590. The van der Waals surface area contributed by atoms with Crippen LogP contribution in [0.25, 0.3) is 22.2 Å². The molecule has 1 aliphatic rings. The monoisotopic (exact) mass is 481 g/mol. The molecule has 3 heterocycles. The molecule has 2 atom stereocenters. The number of fused-ring (bicyclic) bond motifs is 2. The molecule has 3 aromatic heterocycles. The molecule has 176 valence electrons. The molecular formula is C23H24FN7O2S. The van der Waals surface area contributed by atoms with E-state index in [4.69, 9.17) is 10.7 Å². The lowest BCUT2D eigenvalue weighted by Gasteiger charge is -2.26. The van der Waals surface area contributed by atoms with Crippen LogP contribution in [0.1, 0.15) is 49.9 Å². The summed E-state index contributed by atoms with van der Waals surface area (Å²) in [5.74, 6) is 6.20. The Morgan fingerprint density at radius 2 is 2.06 bits per heavy atom. The van der Waals surface area contributed by atoms with E-state index in [-0.39, 0.29) is 30.6 Å². The van der Waals surface area contributed by atoms with Gasteiger partial charge in [-0.15, -0.1) is 5.92 Å². The highest BCUT2D eigenvalue weighted by molar-refractivity contribution is 7.00. The van der Waals surface area contributed by atoms with Gasteiger partial charge in [-0.25, -0.2) is 14.2 Å². The molecule has 4 aromatic rings. The number of hydrogen-bond donors (Lipinski definition) is 1. The molecular weight excluding hydrogens is 457 g/mol. The van der Waals surface area contributed by atoms with Gasteiger partial charge in [0.25, 0.3) is 5.56 Å². The zero-order valence-electron chi connectivity index (χ0n) is 18.9. The summed E-state index contributed by atoms with van der Waals surface area (Å²) in [6, 6.07) is 3.01. The lowest BCUT2D eigenvalue weighted by Crippen LogP contribution is -2.40. The van der Waals surface area contributed by atoms with Gasteiger partial charge in [0.1, 0.15) is 16.9 Å². The van der Waals surface area contributed by atoms with Crippen LogP contribution in [-0.4, -0.2) is 33.5 Å². The number of imidazole rings is 1. The predicted octanol–water partition coefficient (Wildman–Crippen LogP) is 2.10. The van der Waals surface area contributed by atoms with Crippen LogP contribution < -0.4 is 17.0 Å². The van der Waals surface area contributed by atoms with Crippen LogP contribution in [0.2, 0.25) is 0 Å². The highest BCUT2D eigenvalue weighted by Crippen LogP contribution is 2.32. The smallest absolute Gasteiger partial charge is 0.328 e. The summed E-state index contributed by atoms with van der Waals surface area (Å²) in [7, 11) is 1.59. The number of halogens is 1. The van der Waals surface area contributed by atoms with Crippen molar-refractivity contribution in [2.24, 2.45) is 12.8 Å². The molecule has 0 bridgehead atoms. The normalized spacial score (nSPS) is 18.4. The zero-order chi connectivity index (χ0) is 24.0. The van der Waals surface area contributed by atoms with Gasteiger partial charge >= 0.3 is 5.69 Å². The molecule has 5 rings (SSSR count). The highest BCUT2D eigenvalue weighted by Gasteiger charge is 2.28. The summed E-state index contributed by atoms with van der Waals surface area (Å²) in [5.41, 5.74) is 6.88. The Balaban J connectivity index is 1.69. The third-order valence-corrected chi connectivity index (χ3v) is 7.01. The van der Waals surface area contributed by atoms with Crippen molar-refractivity contribution in [3.63, 3.8) is 0 Å².